The average Bonchev–Trinajstić information content (AvgIpc) is 3.11. The Hall–Kier alpha value is -2.42. The second-order valence-electron chi connectivity index (χ2n) is 15.2. The molecule has 3 rings (SSSR count). The SMILES string of the molecule is CC[C@@H]1/C=C(\C)C[C@H](C)C[C@H](OC)[C@H]2O[C@@](O)(C(=O)C(=O)N3CCCC[C@H]3C(=O)O[C@H](/C(C)=N/OCCO)[C@H](C)[C@@H](C)C[C@H]1O)[C@H](C)C[C@@H]2OC. The number of esters is 1. The van der Waals surface area contributed by atoms with Crippen molar-refractivity contribution in [1.29, 1.82) is 0 Å². The van der Waals surface area contributed by atoms with E-state index in [1.54, 1.807) is 28.1 Å². The van der Waals surface area contributed by atoms with E-state index in [0.717, 1.165) is 18.4 Å². The van der Waals surface area contributed by atoms with Crippen LogP contribution in [0.15, 0.2) is 16.8 Å². The van der Waals surface area contributed by atoms with Gasteiger partial charge in [-0.05, 0) is 77.0 Å². The van der Waals surface area contributed by atoms with Crippen molar-refractivity contribution in [3.63, 3.8) is 0 Å². The summed E-state index contributed by atoms with van der Waals surface area (Å²) >= 11 is 0. The van der Waals surface area contributed by atoms with Crippen LogP contribution in [0.5, 0.6) is 0 Å². The van der Waals surface area contributed by atoms with E-state index in [-0.39, 0.29) is 56.3 Å². The summed E-state index contributed by atoms with van der Waals surface area (Å²) in [5.74, 6) is -6.59. The third kappa shape index (κ3) is 10.6. The highest BCUT2D eigenvalue weighted by Gasteiger charge is 2.56. The summed E-state index contributed by atoms with van der Waals surface area (Å²) in [6, 6.07) is -1.08. The number of fused-ring (bicyclic) bond motifs is 3. The van der Waals surface area contributed by atoms with E-state index >= 15 is 0 Å². The molecule has 12 atom stereocenters. The highest BCUT2D eigenvalue weighted by Crippen LogP contribution is 2.39. The van der Waals surface area contributed by atoms with Crippen LogP contribution in [0.3, 0.4) is 0 Å². The monoisotopic (exact) mass is 724 g/mol. The first-order valence-corrected chi connectivity index (χ1v) is 18.8. The van der Waals surface area contributed by atoms with Gasteiger partial charge in [-0.3, -0.25) is 9.59 Å². The number of carbonyl (C=O) groups is 3. The number of piperidine rings is 1. The average molecular weight is 725 g/mol. The number of nitrogens with zero attached hydrogens (tertiary/aromatic N) is 2. The van der Waals surface area contributed by atoms with Crippen molar-refractivity contribution in [2.45, 2.75) is 142 Å². The zero-order chi connectivity index (χ0) is 38.0. The second-order valence-corrected chi connectivity index (χ2v) is 15.2. The summed E-state index contributed by atoms with van der Waals surface area (Å²) in [4.78, 5) is 48.6. The number of ether oxygens (including phenoxy) is 4. The maximum atomic E-state index is 14.1. The molecular formula is C38H64N2O11. The van der Waals surface area contributed by atoms with Gasteiger partial charge >= 0.3 is 5.97 Å². The zero-order valence-electron chi connectivity index (χ0n) is 32.2. The molecule has 13 heteroatoms. The minimum atomic E-state index is -2.47. The van der Waals surface area contributed by atoms with Crippen molar-refractivity contribution in [3.8, 4) is 0 Å². The lowest BCUT2D eigenvalue weighted by Crippen LogP contribution is -2.64. The fourth-order valence-corrected chi connectivity index (χ4v) is 7.98. The number of amides is 1. The first-order valence-electron chi connectivity index (χ1n) is 18.8. The summed E-state index contributed by atoms with van der Waals surface area (Å²) in [5, 5.41) is 36.8. The molecule has 3 aliphatic heterocycles. The number of allylic oxidation sites excluding steroid dienone is 1. The molecule has 1 amide bonds. The summed E-state index contributed by atoms with van der Waals surface area (Å²) in [6.45, 7) is 13.2. The molecule has 3 N–H and O–H groups in total. The Balaban J connectivity index is 2.10. The fourth-order valence-electron chi connectivity index (χ4n) is 7.98. The van der Waals surface area contributed by atoms with E-state index in [4.69, 9.17) is 23.8 Å². The van der Waals surface area contributed by atoms with Crippen LogP contribution in [0.1, 0.15) is 99.8 Å². The number of aliphatic hydroxyl groups is 3. The minimum absolute atomic E-state index is 0.0450. The van der Waals surface area contributed by atoms with Crippen molar-refractivity contribution in [1.82, 2.24) is 4.90 Å². The summed E-state index contributed by atoms with van der Waals surface area (Å²) in [5.41, 5.74) is 1.47. The van der Waals surface area contributed by atoms with E-state index in [2.05, 4.69) is 18.2 Å². The van der Waals surface area contributed by atoms with Gasteiger partial charge in [0.2, 0.25) is 5.79 Å². The van der Waals surface area contributed by atoms with Crippen LogP contribution in [-0.4, -0.2) is 120 Å². The van der Waals surface area contributed by atoms with Crippen LogP contribution < -0.4 is 0 Å². The van der Waals surface area contributed by atoms with Gasteiger partial charge in [0, 0.05) is 38.5 Å². The Morgan fingerprint density at radius 3 is 2.35 bits per heavy atom. The molecule has 13 nitrogen and oxygen atoms in total. The summed E-state index contributed by atoms with van der Waals surface area (Å²) < 4.78 is 24.1. The van der Waals surface area contributed by atoms with Gasteiger partial charge in [-0.25, -0.2) is 4.79 Å². The lowest BCUT2D eigenvalue weighted by atomic mass is 9.81. The number of methoxy groups -OCH3 is 2. The van der Waals surface area contributed by atoms with Crippen molar-refractivity contribution in [2.24, 2.45) is 34.7 Å². The first kappa shape index (κ1) is 43.0. The Labute approximate surface area is 304 Å². The molecule has 0 aromatic rings. The standard InChI is InChI=1S/C38H64N2O11/c1-10-28-18-22(2)17-23(3)19-31(47-8)34-32(48-9)21-25(5)38(46,51-34)35(43)36(44)40-14-12-11-13-29(40)37(45)50-33(27(7)39-49-16-15-41)26(6)24(4)20-30(28)42/h18,23-26,28-34,41-42,46H,10-17,19-21H2,1-9H3/b22-18+,39-27+/t23-,24-,25+,26+,28+,29-,30+,31-,32-,33-,34+,38+/m0/s1. The maximum Gasteiger partial charge on any atom is 0.329 e. The van der Waals surface area contributed by atoms with Crippen LogP contribution in [-0.2, 0) is 38.2 Å². The Bertz CT molecular complexity index is 1230. The molecule has 0 aromatic heterocycles. The predicted octanol–water partition coefficient (Wildman–Crippen LogP) is 3.80. The number of Topliss-reactive ketones (excluding diaryl/α,β-unsaturated/α-hetero) is 1. The van der Waals surface area contributed by atoms with E-state index in [1.165, 1.54) is 4.90 Å². The smallest absolute Gasteiger partial charge is 0.329 e. The highest BCUT2D eigenvalue weighted by molar-refractivity contribution is 6.39. The molecule has 51 heavy (non-hydrogen) atoms. The number of oxime groups is 1. The van der Waals surface area contributed by atoms with Crippen molar-refractivity contribution in [3.05, 3.63) is 11.6 Å². The van der Waals surface area contributed by atoms with E-state index < -0.39 is 65.9 Å². The molecule has 3 aliphatic rings. The van der Waals surface area contributed by atoms with Crippen molar-refractivity contribution < 1.29 is 53.5 Å². The molecule has 2 fully saturated rings. The topological polar surface area (TPSA) is 174 Å². The van der Waals surface area contributed by atoms with E-state index in [9.17, 15) is 29.7 Å². The molecule has 0 aromatic carbocycles. The highest BCUT2D eigenvalue weighted by atomic mass is 16.7. The van der Waals surface area contributed by atoms with E-state index in [0.29, 0.717) is 31.4 Å². The molecule has 3 heterocycles. The van der Waals surface area contributed by atoms with E-state index in [1.807, 2.05) is 27.7 Å². The summed E-state index contributed by atoms with van der Waals surface area (Å²) in [6.07, 6.45) is 2.74. The third-order valence-corrected chi connectivity index (χ3v) is 11.3. The Kier molecular flexibility index (Phi) is 16.5. The van der Waals surface area contributed by atoms with Gasteiger partial charge in [-0.2, -0.15) is 0 Å². The molecule has 0 spiro atoms. The van der Waals surface area contributed by atoms with Crippen molar-refractivity contribution >= 4 is 23.4 Å². The largest absolute Gasteiger partial charge is 0.454 e. The van der Waals surface area contributed by atoms with Crippen LogP contribution in [0, 0.1) is 29.6 Å². The molecule has 0 radical (unpaired) electrons. The molecule has 0 saturated carbocycles. The molecule has 292 valence electrons. The van der Waals surface area contributed by atoms with Crippen LogP contribution in [0.4, 0.5) is 0 Å². The van der Waals surface area contributed by atoms with Gasteiger partial charge in [0.05, 0.1) is 30.6 Å². The lowest BCUT2D eigenvalue weighted by molar-refractivity contribution is -0.302. The quantitative estimate of drug-likeness (QED) is 0.0871. The molecule has 0 aliphatic carbocycles. The third-order valence-electron chi connectivity index (χ3n) is 11.3. The molecule has 2 saturated heterocycles. The Morgan fingerprint density at radius 1 is 1.06 bits per heavy atom. The number of carbonyl (C=O) groups excluding carboxylic acids is 3. The van der Waals surface area contributed by atoms with Crippen LogP contribution in [0.25, 0.3) is 0 Å². The van der Waals surface area contributed by atoms with Gasteiger partial charge in [0.25, 0.3) is 11.7 Å². The first-order chi connectivity index (χ1) is 24.1. The predicted molar refractivity (Wildman–Crippen MR) is 190 cm³/mol. The number of ketones is 1. The number of rotatable bonds is 7. The van der Waals surface area contributed by atoms with Crippen LogP contribution >= 0.6 is 0 Å². The lowest BCUT2D eigenvalue weighted by Gasteiger charge is -2.47. The Morgan fingerprint density at radius 2 is 1.73 bits per heavy atom. The number of hydrogen-bond acceptors (Lipinski definition) is 12. The normalized spacial score (nSPS) is 39.6. The van der Waals surface area contributed by atoms with Gasteiger partial charge in [-0.1, -0.05) is 51.4 Å². The van der Waals surface area contributed by atoms with Crippen molar-refractivity contribution in [2.75, 3.05) is 34.0 Å². The number of aliphatic hydroxyl groups excluding tert-OH is 2. The number of hydrogen-bond donors (Lipinski definition) is 3. The van der Waals surface area contributed by atoms with Gasteiger partial charge < -0.3 is 44.0 Å². The van der Waals surface area contributed by atoms with Gasteiger partial charge in [0.15, 0.2) is 0 Å². The number of cyclic esters (lactones) is 1. The molecule has 0 unspecified atom stereocenters. The van der Waals surface area contributed by atoms with Gasteiger partial charge in [0.1, 0.15) is 24.9 Å². The minimum Gasteiger partial charge on any atom is -0.454 e. The molecular weight excluding hydrogens is 660 g/mol. The fraction of sp³-hybridized carbons (Fsp3) is 0.842. The second kappa shape index (κ2) is 19.6. The molecule has 2 bridgehead atoms. The van der Waals surface area contributed by atoms with Gasteiger partial charge in [-0.15, -0.1) is 0 Å². The summed E-state index contributed by atoms with van der Waals surface area (Å²) in [7, 11) is 3.09. The maximum absolute atomic E-state index is 14.1. The zero-order valence-corrected chi connectivity index (χ0v) is 32.2. The van der Waals surface area contributed by atoms with Crippen LogP contribution in [0.2, 0.25) is 0 Å².